The molecule has 2 N–H and O–H groups in total. The van der Waals surface area contributed by atoms with E-state index < -0.39 is 5.97 Å². The maximum Gasteiger partial charge on any atom is 0.371 e. The van der Waals surface area contributed by atoms with Crippen molar-refractivity contribution in [1.29, 1.82) is 0 Å². The minimum Gasteiger partial charge on any atom is -0.475 e. The number of carboxylic acids is 1. The lowest BCUT2D eigenvalue weighted by atomic mass is 10.1. The third-order valence-electron chi connectivity index (χ3n) is 3.88. The summed E-state index contributed by atoms with van der Waals surface area (Å²) in [6, 6.07) is 14.9. The predicted octanol–water partition coefficient (Wildman–Crippen LogP) is 3.63. The number of fused-ring (bicyclic) bond motifs is 1. The summed E-state index contributed by atoms with van der Waals surface area (Å²) in [5.74, 6) is 0.0763. The van der Waals surface area contributed by atoms with Crippen LogP contribution in [-0.4, -0.2) is 23.8 Å². The molecule has 1 aliphatic heterocycles. The number of carbonyl (C=O) groups excluding carboxylic acids is 1. The average molecular weight is 351 g/mol. The van der Waals surface area contributed by atoms with Gasteiger partial charge >= 0.3 is 5.97 Å². The largest absolute Gasteiger partial charge is 0.475 e. The van der Waals surface area contributed by atoms with E-state index in [9.17, 15) is 9.59 Å². The molecule has 130 valence electrons. The van der Waals surface area contributed by atoms with Crippen molar-refractivity contribution in [1.82, 2.24) is 0 Å². The Labute approximate surface area is 147 Å². The number of nitrogens with one attached hydrogen (secondary N) is 1. The highest BCUT2D eigenvalue weighted by Crippen LogP contribution is 2.32. The minimum absolute atomic E-state index is 0.125. The van der Waals surface area contributed by atoms with Gasteiger partial charge in [0.15, 0.2) is 11.5 Å². The van der Waals surface area contributed by atoms with Crippen LogP contribution in [0.1, 0.15) is 20.9 Å². The van der Waals surface area contributed by atoms with Crippen molar-refractivity contribution in [3.63, 3.8) is 0 Å². The van der Waals surface area contributed by atoms with Gasteiger partial charge in [0, 0.05) is 16.8 Å². The fourth-order valence-electron chi connectivity index (χ4n) is 2.57. The van der Waals surface area contributed by atoms with E-state index in [-0.39, 0.29) is 18.5 Å². The molecule has 0 spiro atoms. The first-order chi connectivity index (χ1) is 12.6. The summed E-state index contributed by atoms with van der Waals surface area (Å²) in [6.07, 6.45) is 0. The zero-order chi connectivity index (χ0) is 18.1. The lowest BCUT2D eigenvalue weighted by Crippen LogP contribution is -2.11. The number of amides is 1. The smallest absolute Gasteiger partial charge is 0.371 e. The molecule has 4 rings (SSSR count). The number of hydrogen-bond acceptors (Lipinski definition) is 5. The van der Waals surface area contributed by atoms with Crippen molar-refractivity contribution in [3.05, 3.63) is 65.9 Å². The van der Waals surface area contributed by atoms with Gasteiger partial charge in [0.2, 0.25) is 12.6 Å². The number of ether oxygens (including phenoxy) is 2. The third-order valence-corrected chi connectivity index (χ3v) is 3.88. The molecule has 7 nitrogen and oxygen atoms in total. The second-order valence-electron chi connectivity index (χ2n) is 5.57. The van der Waals surface area contributed by atoms with Crippen molar-refractivity contribution >= 4 is 17.6 Å². The van der Waals surface area contributed by atoms with Crippen LogP contribution in [0.5, 0.6) is 11.5 Å². The number of furan rings is 1. The Morgan fingerprint density at radius 3 is 2.42 bits per heavy atom. The molecule has 0 bridgehead atoms. The molecule has 0 aliphatic carbocycles. The number of carboxylic acid groups (broad SMARTS) is 1. The van der Waals surface area contributed by atoms with Crippen LogP contribution in [0.15, 0.2) is 59.0 Å². The Bertz CT molecular complexity index is 990. The maximum absolute atomic E-state index is 12.4. The predicted molar refractivity (Wildman–Crippen MR) is 91.6 cm³/mol. The average Bonchev–Trinajstić information content (AvgIpc) is 3.31. The zero-order valence-electron chi connectivity index (χ0n) is 13.4. The Kier molecular flexibility index (Phi) is 3.81. The topological polar surface area (TPSA) is 98.0 Å². The fraction of sp³-hybridized carbons (Fsp3) is 0.0526. The van der Waals surface area contributed by atoms with E-state index in [2.05, 4.69) is 5.32 Å². The maximum atomic E-state index is 12.4. The third kappa shape index (κ3) is 2.98. The van der Waals surface area contributed by atoms with Gasteiger partial charge in [-0.05, 0) is 54.6 Å². The van der Waals surface area contributed by atoms with Crippen LogP contribution in [0.25, 0.3) is 11.3 Å². The first kappa shape index (κ1) is 15.8. The highest BCUT2D eigenvalue weighted by molar-refractivity contribution is 6.04. The molecule has 26 heavy (non-hydrogen) atoms. The highest BCUT2D eigenvalue weighted by Gasteiger charge is 2.16. The SMILES string of the molecule is O=C(Nc1ccc(-c2ccc(C(=O)O)o2)cc1)c1ccc2c(c1)OCO2. The van der Waals surface area contributed by atoms with Gasteiger partial charge in [0.1, 0.15) is 5.76 Å². The van der Waals surface area contributed by atoms with Crippen LogP contribution in [-0.2, 0) is 0 Å². The van der Waals surface area contributed by atoms with E-state index in [0.717, 1.165) is 0 Å². The number of anilines is 1. The van der Waals surface area contributed by atoms with Crippen LogP contribution in [0.3, 0.4) is 0 Å². The quantitative estimate of drug-likeness (QED) is 0.745. The number of rotatable bonds is 4. The summed E-state index contributed by atoms with van der Waals surface area (Å²) in [6.45, 7) is 0.151. The minimum atomic E-state index is -1.12. The highest BCUT2D eigenvalue weighted by atomic mass is 16.7. The number of hydrogen-bond donors (Lipinski definition) is 2. The Balaban J connectivity index is 1.48. The standard InChI is InChI=1S/C19H13NO6/c21-18(12-3-6-15-17(9-12)25-10-24-15)20-13-4-1-11(2-5-13)14-7-8-16(26-14)19(22)23/h1-9H,10H2,(H,20,21)(H,22,23). The monoisotopic (exact) mass is 351 g/mol. The normalized spacial score (nSPS) is 12.0. The van der Waals surface area contributed by atoms with Crippen molar-refractivity contribution in [3.8, 4) is 22.8 Å². The fourth-order valence-corrected chi connectivity index (χ4v) is 2.57. The van der Waals surface area contributed by atoms with E-state index in [1.54, 1.807) is 48.5 Å². The van der Waals surface area contributed by atoms with Crippen LogP contribution < -0.4 is 14.8 Å². The van der Waals surface area contributed by atoms with Gasteiger partial charge in [-0.15, -0.1) is 0 Å². The van der Waals surface area contributed by atoms with Gasteiger partial charge in [-0.3, -0.25) is 4.79 Å². The van der Waals surface area contributed by atoms with E-state index in [1.807, 2.05) is 0 Å². The van der Waals surface area contributed by atoms with Gasteiger partial charge in [0.05, 0.1) is 0 Å². The second-order valence-corrected chi connectivity index (χ2v) is 5.57. The van der Waals surface area contributed by atoms with Crippen LogP contribution in [0.4, 0.5) is 5.69 Å². The zero-order valence-corrected chi connectivity index (χ0v) is 13.4. The molecule has 0 atom stereocenters. The van der Waals surface area contributed by atoms with E-state index >= 15 is 0 Å². The van der Waals surface area contributed by atoms with Crippen LogP contribution >= 0.6 is 0 Å². The Morgan fingerprint density at radius 2 is 1.69 bits per heavy atom. The molecule has 0 radical (unpaired) electrons. The molecule has 1 amide bonds. The summed E-state index contributed by atoms with van der Waals surface area (Å²) in [5, 5.41) is 11.7. The Morgan fingerprint density at radius 1 is 0.923 bits per heavy atom. The van der Waals surface area contributed by atoms with Gasteiger partial charge in [0.25, 0.3) is 5.91 Å². The van der Waals surface area contributed by atoms with Gasteiger partial charge in [-0.2, -0.15) is 0 Å². The van der Waals surface area contributed by atoms with Crippen LogP contribution in [0, 0.1) is 0 Å². The molecule has 7 heteroatoms. The molecular formula is C19H13NO6. The molecule has 0 unspecified atom stereocenters. The van der Waals surface area contributed by atoms with E-state index in [1.165, 1.54) is 6.07 Å². The molecule has 0 fully saturated rings. The number of carbonyl (C=O) groups is 2. The summed E-state index contributed by atoms with van der Waals surface area (Å²) < 4.78 is 15.7. The molecule has 2 aromatic carbocycles. The lowest BCUT2D eigenvalue weighted by molar-refractivity contribution is 0.0663. The molecule has 2 heterocycles. The number of aromatic carboxylic acids is 1. The molecule has 1 aromatic heterocycles. The van der Waals surface area contributed by atoms with Crippen molar-refractivity contribution in [2.45, 2.75) is 0 Å². The van der Waals surface area contributed by atoms with E-state index in [0.29, 0.717) is 34.1 Å². The lowest BCUT2D eigenvalue weighted by Gasteiger charge is -2.07. The van der Waals surface area contributed by atoms with Crippen molar-refractivity contribution in [2.75, 3.05) is 12.1 Å². The molecular weight excluding hydrogens is 338 g/mol. The van der Waals surface area contributed by atoms with Gasteiger partial charge in [-0.1, -0.05) is 0 Å². The summed E-state index contributed by atoms with van der Waals surface area (Å²) in [5.41, 5.74) is 1.76. The van der Waals surface area contributed by atoms with Crippen molar-refractivity contribution < 1.29 is 28.6 Å². The summed E-state index contributed by atoms with van der Waals surface area (Å²) in [7, 11) is 0. The molecule has 3 aromatic rings. The molecule has 0 saturated heterocycles. The first-order valence-corrected chi connectivity index (χ1v) is 7.75. The molecule has 0 saturated carbocycles. The van der Waals surface area contributed by atoms with Crippen molar-refractivity contribution in [2.24, 2.45) is 0 Å². The summed E-state index contributed by atoms with van der Waals surface area (Å²) in [4.78, 5) is 23.2. The summed E-state index contributed by atoms with van der Waals surface area (Å²) >= 11 is 0. The van der Waals surface area contributed by atoms with Gasteiger partial charge < -0.3 is 24.3 Å². The Hall–Kier alpha value is -3.74. The van der Waals surface area contributed by atoms with E-state index in [4.69, 9.17) is 19.0 Å². The van der Waals surface area contributed by atoms with Gasteiger partial charge in [-0.25, -0.2) is 4.79 Å². The first-order valence-electron chi connectivity index (χ1n) is 7.75. The number of benzene rings is 2. The second kappa shape index (κ2) is 6.29. The molecule has 1 aliphatic rings. The van der Waals surface area contributed by atoms with Crippen LogP contribution in [0.2, 0.25) is 0 Å².